The van der Waals surface area contributed by atoms with Crippen molar-refractivity contribution in [1.82, 2.24) is 13.7 Å². The second kappa shape index (κ2) is 12.5. The molecule has 3 aromatic heterocycles. The van der Waals surface area contributed by atoms with Crippen LogP contribution in [-0.4, -0.2) is 13.7 Å². The van der Waals surface area contributed by atoms with E-state index in [-0.39, 0.29) is 0 Å². The Morgan fingerprint density at radius 1 is 0.228 bits per heavy atom. The van der Waals surface area contributed by atoms with Crippen molar-refractivity contribution in [1.29, 1.82) is 0 Å². The first-order valence-electron chi connectivity index (χ1n) is 19.6. The Hall–Kier alpha value is -7.62. The summed E-state index contributed by atoms with van der Waals surface area (Å²) in [5.41, 5.74) is 15.3. The van der Waals surface area contributed by atoms with E-state index in [1.165, 1.54) is 87.7 Å². The molecule has 0 fully saturated rings. The van der Waals surface area contributed by atoms with Gasteiger partial charge in [-0.1, -0.05) is 152 Å². The highest BCUT2D eigenvalue weighted by molar-refractivity contribution is 6.16. The summed E-state index contributed by atoms with van der Waals surface area (Å²) in [6.45, 7) is 0. The second-order valence-electron chi connectivity index (χ2n) is 14.9. The van der Waals surface area contributed by atoms with Gasteiger partial charge in [-0.2, -0.15) is 0 Å². The molecular formula is C54H35N3. The third-order valence-corrected chi connectivity index (χ3v) is 11.8. The van der Waals surface area contributed by atoms with Crippen LogP contribution in [0.5, 0.6) is 0 Å². The average Bonchev–Trinajstić information content (AvgIpc) is 3.92. The first kappa shape index (κ1) is 31.7. The molecule has 0 saturated carbocycles. The summed E-state index contributed by atoms with van der Waals surface area (Å²) in [6.07, 6.45) is 0. The van der Waals surface area contributed by atoms with Crippen LogP contribution in [0.3, 0.4) is 0 Å². The first-order chi connectivity index (χ1) is 28.3. The summed E-state index contributed by atoms with van der Waals surface area (Å²) in [7, 11) is 0. The van der Waals surface area contributed by atoms with E-state index >= 15 is 0 Å². The Morgan fingerprint density at radius 2 is 0.667 bits per heavy atom. The molecule has 57 heavy (non-hydrogen) atoms. The van der Waals surface area contributed by atoms with E-state index in [9.17, 15) is 0 Å². The number of para-hydroxylation sites is 5. The normalized spacial score (nSPS) is 11.9. The van der Waals surface area contributed by atoms with E-state index in [0.29, 0.717) is 0 Å². The molecule has 0 N–H and O–H groups in total. The van der Waals surface area contributed by atoms with Crippen molar-refractivity contribution in [2.75, 3.05) is 0 Å². The van der Waals surface area contributed by atoms with Gasteiger partial charge in [0.15, 0.2) is 0 Å². The molecule has 0 bridgehead atoms. The largest absolute Gasteiger partial charge is 0.309 e. The molecule has 12 aromatic rings. The van der Waals surface area contributed by atoms with Crippen LogP contribution in [0.4, 0.5) is 0 Å². The van der Waals surface area contributed by atoms with Gasteiger partial charge in [0.1, 0.15) is 0 Å². The van der Waals surface area contributed by atoms with Gasteiger partial charge >= 0.3 is 0 Å². The molecule has 3 nitrogen and oxygen atoms in total. The van der Waals surface area contributed by atoms with Gasteiger partial charge in [0, 0.05) is 43.7 Å². The zero-order valence-electron chi connectivity index (χ0n) is 31.0. The molecule has 0 aliphatic heterocycles. The predicted octanol–water partition coefficient (Wildman–Crippen LogP) is 14.3. The fourth-order valence-electron chi connectivity index (χ4n) is 9.34. The topological polar surface area (TPSA) is 14.8 Å². The molecule has 0 amide bonds. The summed E-state index contributed by atoms with van der Waals surface area (Å²) in [5, 5.41) is 7.45. The molecule has 3 heterocycles. The number of hydrogen-bond acceptors (Lipinski definition) is 0. The minimum absolute atomic E-state index is 1.13. The Kier molecular flexibility index (Phi) is 6.93. The second-order valence-corrected chi connectivity index (χ2v) is 14.9. The molecule has 0 saturated heterocycles. The van der Waals surface area contributed by atoms with E-state index in [1.54, 1.807) is 0 Å². The lowest BCUT2D eigenvalue weighted by Gasteiger charge is -2.16. The third kappa shape index (κ3) is 4.79. The average molecular weight is 726 g/mol. The predicted molar refractivity (Wildman–Crippen MR) is 240 cm³/mol. The van der Waals surface area contributed by atoms with Crippen LogP contribution in [-0.2, 0) is 0 Å². The number of benzene rings is 9. The van der Waals surface area contributed by atoms with E-state index in [4.69, 9.17) is 0 Å². The van der Waals surface area contributed by atoms with Crippen LogP contribution < -0.4 is 0 Å². The zero-order chi connectivity index (χ0) is 37.5. The van der Waals surface area contributed by atoms with Crippen LogP contribution in [0.1, 0.15) is 0 Å². The van der Waals surface area contributed by atoms with Crippen LogP contribution in [0.25, 0.3) is 105 Å². The van der Waals surface area contributed by atoms with Crippen LogP contribution in [0.15, 0.2) is 212 Å². The summed E-state index contributed by atoms with van der Waals surface area (Å²) < 4.78 is 7.39. The standard InChI is InChI=1S/C54H35N3/c1-2-15-36(16-3-1)37-17-12-18-38(33-37)39-19-13-20-40(34-39)56-50-28-10-7-24-45(50)47-25-14-30-52(54(47)56)57-51-29-11-6-23-44(51)46-32-31-41(35-53(46)57)55-48-26-8-4-21-42(48)43-22-5-9-27-49(43)55/h1-35H. The van der Waals surface area contributed by atoms with E-state index in [0.717, 1.165) is 17.1 Å². The SMILES string of the molecule is c1ccc(-c2cccc(-c3cccc(-n4c5ccccc5c5cccc(-n6c7ccccc7c7ccc(-n8c9ccccc9c9ccccc98)cc76)c54)c3)c2)cc1. The zero-order valence-corrected chi connectivity index (χ0v) is 31.0. The maximum Gasteiger partial charge on any atom is 0.0782 e. The molecule has 9 aromatic carbocycles. The molecule has 0 aliphatic rings. The van der Waals surface area contributed by atoms with Gasteiger partial charge in [-0.15, -0.1) is 0 Å². The van der Waals surface area contributed by atoms with Gasteiger partial charge < -0.3 is 13.7 Å². The third-order valence-electron chi connectivity index (χ3n) is 11.8. The van der Waals surface area contributed by atoms with E-state index < -0.39 is 0 Å². The molecular weight excluding hydrogens is 691 g/mol. The van der Waals surface area contributed by atoms with E-state index in [1.807, 2.05) is 0 Å². The van der Waals surface area contributed by atoms with Crippen molar-refractivity contribution in [3.05, 3.63) is 212 Å². The highest BCUT2D eigenvalue weighted by Crippen LogP contribution is 2.41. The van der Waals surface area contributed by atoms with Crippen molar-refractivity contribution in [2.45, 2.75) is 0 Å². The fraction of sp³-hybridized carbons (Fsp3) is 0. The van der Waals surface area contributed by atoms with Gasteiger partial charge in [0.2, 0.25) is 0 Å². The first-order valence-corrected chi connectivity index (χ1v) is 19.6. The van der Waals surface area contributed by atoms with Crippen molar-refractivity contribution < 1.29 is 0 Å². The number of hydrogen-bond donors (Lipinski definition) is 0. The summed E-state index contributed by atoms with van der Waals surface area (Å²) in [4.78, 5) is 0. The molecule has 0 radical (unpaired) electrons. The van der Waals surface area contributed by atoms with Crippen molar-refractivity contribution in [2.24, 2.45) is 0 Å². The van der Waals surface area contributed by atoms with Crippen LogP contribution in [0, 0.1) is 0 Å². The Bertz CT molecular complexity index is 3470. The Balaban J connectivity index is 1.13. The van der Waals surface area contributed by atoms with Gasteiger partial charge in [0.05, 0.1) is 38.8 Å². The summed E-state index contributed by atoms with van der Waals surface area (Å²) in [5.74, 6) is 0. The van der Waals surface area contributed by atoms with Crippen molar-refractivity contribution in [3.63, 3.8) is 0 Å². The molecule has 0 atom stereocenters. The maximum absolute atomic E-state index is 2.49. The summed E-state index contributed by atoms with van der Waals surface area (Å²) in [6, 6.07) is 77.5. The molecule has 0 unspecified atom stereocenters. The van der Waals surface area contributed by atoms with Gasteiger partial charge in [0.25, 0.3) is 0 Å². The number of rotatable bonds is 5. The van der Waals surface area contributed by atoms with Crippen LogP contribution >= 0.6 is 0 Å². The van der Waals surface area contributed by atoms with Crippen molar-refractivity contribution >= 4 is 65.4 Å². The Morgan fingerprint density at radius 3 is 1.33 bits per heavy atom. The number of nitrogens with zero attached hydrogens (tertiary/aromatic N) is 3. The lowest BCUT2D eigenvalue weighted by atomic mass is 9.99. The van der Waals surface area contributed by atoms with Crippen molar-refractivity contribution in [3.8, 4) is 39.3 Å². The molecule has 0 aliphatic carbocycles. The van der Waals surface area contributed by atoms with Gasteiger partial charge in [-0.25, -0.2) is 0 Å². The van der Waals surface area contributed by atoms with Gasteiger partial charge in [-0.3, -0.25) is 0 Å². The monoisotopic (exact) mass is 725 g/mol. The smallest absolute Gasteiger partial charge is 0.0782 e. The molecule has 0 spiro atoms. The highest BCUT2D eigenvalue weighted by atomic mass is 15.1. The quantitative estimate of drug-likeness (QED) is 0.168. The maximum atomic E-state index is 2.49. The van der Waals surface area contributed by atoms with E-state index in [2.05, 4.69) is 226 Å². The number of fused-ring (bicyclic) bond motifs is 9. The molecule has 3 heteroatoms. The Labute approximate surface area is 329 Å². The highest BCUT2D eigenvalue weighted by Gasteiger charge is 2.21. The molecule has 266 valence electrons. The van der Waals surface area contributed by atoms with Gasteiger partial charge in [-0.05, 0) is 82.9 Å². The summed E-state index contributed by atoms with van der Waals surface area (Å²) >= 11 is 0. The molecule has 12 rings (SSSR count). The minimum Gasteiger partial charge on any atom is -0.309 e. The lowest BCUT2D eigenvalue weighted by molar-refractivity contribution is 1.12. The lowest BCUT2D eigenvalue weighted by Crippen LogP contribution is -2.01. The minimum atomic E-state index is 1.13. The fourth-order valence-corrected chi connectivity index (χ4v) is 9.34. The number of aromatic nitrogens is 3. The van der Waals surface area contributed by atoms with Crippen LogP contribution in [0.2, 0.25) is 0 Å².